The van der Waals surface area contributed by atoms with Gasteiger partial charge in [-0.05, 0) is 17.7 Å². The summed E-state index contributed by atoms with van der Waals surface area (Å²) in [7, 11) is 0. The molecule has 7 heteroatoms. The lowest BCUT2D eigenvalue weighted by Gasteiger charge is -2.12. The number of hydrogen-bond donors (Lipinski definition) is 2. The largest absolute Gasteiger partial charge is 0.454 e. The van der Waals surface area contributed by atoms with Crippen molar-refractivity contribution in [2.75, 3.05) is 19.9 Å². The molecule has 0 fully saturated rings. The van der Waals surface area contributed by atoms with Crippen molar-refractivity contribution >= 4 is 0 Å². The number of rotatable bonds is 6. The SMILES string of the molecule is OC(CNCCc1ncno1)c1ccc2c(c1)OCO2. The molecule has 1 aliphatic rings. The van der Waals surface area contributed by atoms with Crippen LogP contribution in [0.4, 0.5) is 0 Å². The zero-order valence-corrected chi connectivity index (χ0v) is 10.8. The second kappa shape index (κ2) is 5.89. The summed E-state index contributed by atoms with van der Waals surface area (Å²) in [5, 5.41) is 16.8. The van der Waals surface area contributed by atoms with E-state index < -0.39 is 6.10 Å². The molecular formula is C13H15N3O4. The van der Waals surface area contributed by atoms with Crippen molar-refractivity contribution in [1.82, 2.24) is 15.5 Å². The summed E-state index contributed by atoms with van der Waals surface area (Å²) in [5.74, 6) is 1.97. The fourth-order valence-corrected chi connectivity index (χ4v) is 1.98. The Balaban J connectivity index is 1.48. The lowest BCUT2D eigenvalue weighted by Crippen LogP contribution is -2.23. The lowest BCUT2D eigenvalue weighted by atomic mass is 10.1. The van der Waals surface area contributed by atoms with E-state index in [1.807, 2.05) is 6.07 Å². The Morgan fingerprint density at radius 1 is 1.30 bits per heavy atom. The van der Waals surface area contributed by atoms with E-state index in [4.69, 9.17) is 14.0 Å². The molecule has 2 heterocycles. The van der Waals surface area contributed by atoms with Crippen LogP contribution >= 0.6 is 0 Å². The molecule has 106 valence electrons. The van der Waals surface area contributed by atoms with Crippen LogP contribution in [-0.4, -0.2) is 35.1 Å². The molecule has 0 saturated carbocycles. The molecule has 0 bridgehead atoms. The minimum Gasteiger partial charge on any atom is -0.454 e. The molecule has 2 N–H and O–H groups in total. The van der Waals surface area contributed by atoms with Crippen molar-refractivity contribution in [2.45, 2.75) is 12.5 Å². The number of fused-ring (bicyclic) bond motifs is 1. The van der Waals surface area contributed by atoms with Gasteiger partial charge in [-0.2, -0.15) is 4.98 Å². The molecule has 0 saturated heterocycles. The van der Waals surface area contributed by atoms with Crippen LogP contribution in [0.3, 0.4) is 0 Å². The third kappa shape index (κ3) is 2.89. The van der Waals surface area contributed by atoms with Crippen LogP contribution in [-0.2, 0) is 6.42 Å². The molecule has 0 spiro atoms. The Hall–Kier alpha value is -2.12. The minimum atomic E-state index is -0.604. The first-order chi connectivity index (χ1) is 9.83. The first-order valence-corrected chi connectivity index (χ1v) is 6.37. The quantitative estimate of drug-likeness (QED) is 0.750. The van der Waals surface area contributed by atoms with Gasteiger partial charge in [0, 0.05) is 19.5 Å². The van der Waals surface area contributed by atoms with Gasteiger partial charge in [0.2, 0.25) is 12.7 Å². The van der Waals surface area contributed by atoms with Crippen LogP contribution in [0.2, 0.25) is 0 Å². The van der Waals surface area contributed by atoms with Gasteiger partial charge < -0.3 is 24.4 Å². The number of ether oxygens (including phenoxy) is 2. The fraction of sp³-hybridized carbons (Fsp3) is 0.385. The van der Waals surface area contributed by atoms with Crippen molar-refractivity contribution in [2.24, 2.45) is 0 Å². The number of benzene rings is 1. The third-order valence-corrected chi connectivity index (χ3v) is 3.04. The van der Waals surface area contributed by atoms with Crippen LogP contribution in [0, 0.1) is 0 Å². The number of aromatic nitrogens is 2. The Bertz CT molecular complexity index is 559. The standard InChI is InChI=1S/C13H15N3O4/c17-10(6-14-4-3-13-15-7-16-20-13)9-1-2-11-12(5-9)19-8-18-11/h1-2,5,7,10,14,17H,3-4,6,8H2. The van der Waals surface area contributed by atoms with Gasteiger partial charge in [0.1, 0.15) is 0 Å². The lowest BCUT2D eigenvalue weighted by molar-refractivity contribution is 0.170. The molecule has 1 atom stereocenters. The second-order valence-corrected chi connectivity index (χ2v) is 4.42. The molecule has 20 heavy (non-hydrogen) atoms. The first kappa shape index (κ1) is 12.9. The topological polar surface area (TPSA) is 89.6 Å². The van der Waals surface area contributed by atoms with Gasteiger partial charge in [0.15, 0.2) is 17.8 Å². The fourth-order valence-electron chi connectivity index (χ4n) is 1.98. The summed E-state index contributed by atoms with van der Waals surface area (Å²) in [6.45, 7) is 1.33. The van der Waals surface area contributed by atoms with E-state index in [9.17, 15) is 5.11 Å². The summed E-state index contributed by atoms with van der Waals surface area (Å²) >= 11 is 0. The van der Waals surface area contributed by atoms with Gasteiger partial charge in [-0.15, -0.1) is 0 Å². The maximum atomic E-state index is 10.1. The molecule has 0 radical (unpaired) electrons. The molecule has 7 nitrogen and oxygen atoms in total. The molecule has 2 aromatic rings. The van der Waals surface area contributed by atoms with Gasteiger partial charge in [0.05, 0.1) is 6.10 Å². The van der Waals surface area contributed by atoms with E-state index in [-0.39, 0.29) is 6.79 Å². The van der Waals surface area contributed by atoms with Crippen LogP contribution in [0.1, 0.15) is 17.6 Å². The van der Waals surface area contributed by atoms with Gasteiger partial charge in [-0.3, -0.25) is 0 Å². The van der Waals surface area contributed by atoms with E-state index in [2.05, 4.69) is 15.5 Å². The highest BCUT2D eigenvalue weighted by molar-refractivity contribution is 5.45. The summed E-state index contributed by atoms with van der Waals surface area (Å²) in [5.41, 5.74) is 0.791. The number of aliphatic hydroxyl groups is 1. The van der Waals surface area contributed by atoms with Crippen molar-refractivity contribution in [3.63, 3.8) is 0 Å². The first-order valence-electron chi connectivity index (χ1n) is 6.37. The summed E-state index contributed by atoms with van der Waals surface area (Å²) in [4.78, 5) is 3.92. The Kier molecular flexibility index (Phi) is 3.80. The Morgan fingerprint density at radius 3 is 3.05 bits per heavy atom. The van der Waals surface area contributed by atoms with E-state index in [0.717, 1.165) is 5.56 Å². The molecule has 1 aromatic carbocycles. The monoisotopic (exact) mass is 277 g/mol. The highest BCUT2D eigenvalue weighted by Gasteiger charge is 2.16. The number of hydrogen-bond acceptors (Lipinski definition) is 7. The van der Waals surface area contributed by atoms with Gasteiger partial charge in [0.25, 0.3) is 0 Å². The maximum Gasteiger partial charge on any atom is 0.231 e. The van der Waals surface area contributed by atoms with Crippen LogP contribution in [0.5, 0.6) is 11.5 Å². The molecule has 1 aromatic heterocycles. The van der Waals surface area contributed by atoms with Gasteiger partial charge >= 0.3 is 0 Å². The van der Waals surface area contributed by atoms with E-state index in [1.54, 1.807) is 12.1 Å². The second-order valence-electron chi connectivity index (χ2n) is 4.42. The average Bonchev–Trinajstić information content (AvgIpc) is 3.13. The highest BCUT2D eigenvalue weighted by atomic mass is 16.7. The molecular weight excluding hydrogens is 262 g/mol. The van der Waals surface area contributed by atoms with Gasteiger partial charge in [-0.25, -0.2) is 0 Å². The Labute approximate surface area is 115 Å². The maximum absolute atomic E-state index is 10.1. The van der Waals surface area contributed by atoms with E-state index >= 15 is 0 Å². The van der Waals surface area contributed by atoms with Crippen molar-refractivity contribution < 1.29 is 19.1 Å². The summed E-state index contributed by atoms with van der Waals surface area (Å²) in [6.07, 6.45) is 1.40. The van der Waals surface area contributed by atoms with E-state index in [0.29, 0.717) is 36.9 Å². The molecule has 0 amide bonds. The van der Waals surface area contributed by atoms with Crippen molar-refractivity contribution in [1.29, 1.82) is 0 Å². The normalized spacial score (nSPS) is 14.4. The summed E-state index contributed by atoms with van der Waals surface area (Å²) < 4.78 is 15.4. The number of nitrogens with one attached hydrogen (secondary N) is 1. The predicted octanol–water partition coefficient (Wildman–Crippen LogP) is 0.664. The average molecular weight is 277 g/mol. The minimum absolute atomic E-state index is 0.233. The van der Waals surface area contributed by atoms with Gasteiger partial charge in [-0.1, -0.05) is 11.2 Å². The molecule has 0 aliphatic carbocycles. The predicted molar refractivity (Wildman–Crippen MR) is 68.4 cm³/mol. The van der Waals surface area contributed by atoms with Crippen molar-refractivity contribution in [3.8, 4) is 11.5 Å². The van der Waals surface area contributed by atoms with Crippen molar-refractivity contribution in [3.05, 3.63) is 36.0 Å². The number of nitrogens with zero attached hydrogens (tertiary/aromatic N) is 2. The van der Waals surface area contributed by atoms with Crippen LogP contribution in [0.25, 0.3) is 0 Å². The third-order valence-electron chi connectivity index (χ3n) is 3.04. The zero-order valence-electron chi connectivity index (χ0n) is 10.8. The molecule has 3 rings (SSSR count). The molecule has 1 unspecified atom stereocenters. The molecule has 1 aliphatic heterocycles. The highest BCUT2D eigenvalue weighted by Crippen LogP contribution is 2.33. The van der Waals surface area contributed by atoms with E-state index in [1.165, 1.54) is 6.33 Å². The smallest absolute Gasteiger partial charge is 0.231 e. The van der Waals surface area contributed by atoms with Crippen LogP contribution in [0.15, 0.2) is 29.0 Å². The van der Waals surface area contributed by atoms with Crippen LogP contribution < -0.4 is 14.8 Å². The summed E-state index contributed by atoms with van der Waals surface area (Å²) in [6, 6.07) is 5.43. The number of aliphatic hydroxyl groups excluding tert-OH is 1. The Morgan fingerprint density at radius 2 is 2.20 bits per heavy atom. The zero-order chi connectivity index (χ0) is 13.8.